The summed E-state index contributed by atoms with van der Waals surface area (Å²) in [5.41, 5.74) is 3.31. The monoisotopic (exact) mass is 820 g/mol. The average Bonchev–Trinajstić information content (AvgIpc) is 4.00. The highest BCUT2D eigenvalue weighted by molar-refractivity contribution is 5.91. The number of ether oxygens (including phenoxy) is 5. The number of piperidine rings is 2. The Labute approximate surface area is 348 Å². The molecular formula is C44H64N6O9. The van der Waals surface area contributed by atoms with Crippen LogP contribution in [0.25, 0.3) is 0 Å². The number of amides is 4. The molecule has 0 saturated carbocycles. The predicted octanol–water partition coefficient (Wildman–Crippen LogP) is 4.56. The average molecular weight is 821 g/mol. The number of rotatable bonds is 20. The van der Waals surface area contributed by atoms with Crippen LogP contribution in [0.4, 0.5) is 11.4 Å². The number of hydrogen-bond donors (Lipinski definition) is 2. The summed E-state index contributed by atoms with van der Waals surface area (Å²) in [4.78, 5) is 58.8. The Balaban J connectivity index is 0.751. The van der Waals surface area contributed by atoms with Crippen LogP contribution in [0, 0.1) is 0 Å². The molecule has 2 aromatic carbocycles. The van der Waals surface area contributed by atoms with Crippen LogP contribution in [-0.4, -0.2) is 148 Å². The molecule has 324 valence electrons. The van der Waals surface area contributed by atoms with Crippen molar-refractivity contribution in [1.82, 2.24) is 19.6 Å². The molecule has 0 bridgehead atoms. The molecule has 4 heterocycles. The van der Waals surface area contributed by atoms with E-state index in [1.807, 2.05) is 62.6 Å². The van der Waals surface area contributed by atoms with Gasteiger partial charge in [-0.25, -0.2) is 0 Å². The first-order valence-corrected chi connectivity index (χ1v) is 21.5. The van der Waals surface area contributed by atoms with Gasteiger partial charge in [-0.15, -0.1) is 0 Å². The maximum absolute atomic E-state index is 12.8. The molecule has 4 aliphatic heterocycles. The zero-order chi connectivity index (χ0) is 41.4. The van der Waals surface area contributed by atoms with Crippen molar-refractivity contribution >= 4 is 35.0 Å². The van der Waals surface area contributed by atoms with Gasteiger partial charge in [0.2, 0.25) is 23.6 Å². The van der Waals surface area contributed by atoms with E-state index < -0.39 is 0 Å². The predicted molar refractivity (Wildman–Crippen MR) is 222 cm³/mol. The zero-order valence-electron chi connectivity index (χ0n) is 34.9. The summed E-state index contributed by atoms with van der Waals surface area (Å²) in [6.07, 6.45) is 6.48. The Bertz CT molecular complexity index is 1500. The summed E-state index contributed by atoms with van der Waals surface area (Å²) in [5, 5.41) is 5.85. The van der Waals surface area contributed by atoms with Crippen molar-refractivity contribution in [3.05, 3.63) is 59.7 Å². The van der Waals surface area contributed by atoms with Crippen molar-refractivity contribution in [1.29, 1.82) is 0 Å². The molecular weight excluding hydrogens is 757 g/mol. The Kier molecular flexibility index (Phi) is 17.5. The van der Waals surface area contributed by atoms with E-state index in [0.717, 1.165) is 87.5 Å². The van der Waals surface area contributed by atoms with Crippen molar-refractivity contribution in [2.45, 2.75) is 89.0 Å². The summed E-state index contributed by atoms with van der Waals surface area (Å²) in [5.74, 6) is 0.0493. The number of hydrogen-bond acceptors (Lipinski definition) is 11. The molecule has 4 amide bonds. The zero-order valence-corrected chi connectivity index (χ0v) is 34.9. The van der Waals surface area contributed by atoms with Crippen LogP contribution >= 0.6 is 0 Å². The minimum Gasteiger partial charge on any atom is -0.375 e. The van der Waals surface area contributed by atoms with Crippen molar-refractivity contribution in [3.63, 3.8) is 0 Å². The smallest absolute Gasteiger partial charge is 0.224 e. The number of nitrogens with zero attached hydrogens (tertiary/aromatic N) is 4. The second-order valence-electron chi connectivity index (χ2n) is 16.0. The fraction of sp³-hybridized carbons (Fsp3) is 0.636. The Morgan fingerprint density at radius 3 is 1.29 bits per heavy atom. The van der Waals surface area contributed by atoms with E-state index in [1.54, 1.807) is 9.80 Å². The molecule has 4 saturated heterocycles. The highest BCUT2D eigenvalue weighted by atomic mass is 16.7. The van der Waals surface area contributed by atoms with Gasteiger partial charge in [0.15, 0.2) is 12.6 Å². The lowest BCUT2D eigenvalue weighted by atomic mass is 10.0. The topological polar surface area (TPSA) is 151 Å². The first-order valence-electron chi connectivity index (χ1n) is 21.5. The van der Waals surface area contributed by atoms with Gasteiger partial charge in [-0.2, -0.15) is 0 Å². The second-order valence-corrected chi connectivity index (χ2v) is 16.0. The molecule has 2 aromatic rings. The van der Waals surface area contributed by atoms with Gasteiger partial charge in [-0.1, -0.05) is 24.3 Å². The van der Waals surface area contributed by atoms with Gasteiger partial charge in [0, 0.05) is 115 Å². The van der Waals surface area contributed by atoms with E-state index in [1.165, 1.54) is 0 Å². The molecule has 4 aliphatic rings. The SMILES string of the molecule is CN(CCCC(=O)Nc1ccc(C2OCCO2)cc1)C(=O)CCN1CCC(OC2CCN(CCC(=O)N(C)CCCC(=O)Nc3ccc(C4OCCO4)cc3)CC2)CC1. The second kappa shape index (κ2) is 23.1. The summed E-state index contributed by atoms with van der Waals surface area (Å²) in [7, 11) is 3.62. The quantitative estimate of drug-likeness (QED) is 0.194. The highest BCUT2D eigenvalue weighted by Gasteiger charge is 2.27. The van der Waals surface area contributed by atoms with E-state index in [2.05, 4.69) is 20.4 Å². The van der Waals surface area contributed by atoms with Crippen molar-refractivity contribution in [2.24, 2.45) is 0 Å². The summed E-state index contributed by atoms with van der Waals surface area (Å²) in [6, 6.07) is 15.0. The summed E-state index contributed by atoms with van der Waals surface area (Å²) in [6.45, 7) is 8.56. The first-order chi connectivity index (χ1) is 28.7. The molecule has 0 spiro atoms. The number of carbonyl (C=O) groups excluding carboxylic acids is 4. The number of carbonyl (C=O) groups is 4. The highest BCUT2D eigenvalue weighted by Crippen LogP contribution is 2.26. The molecule has 0 radical (unpaired) electrons. The van der Waals surface area contributed by atoms with Crippen LogP contribution in [-0.2, 0) is 42.9 Å². The van der Waals surface area contributed by atoms with Crippen LogP contribution < -0.4 is 10.6 Å². The van der Waals surface area contributed by atoms with Crippen LogP contribution in [0.15, 0.2) is 48.5 Å². The fourth-order valence-corrected chi connectivity index (χ4v) is 7.90. The largest absolute Gasteiger partial charge is 0.375 e. The van der Waals surface area contributed by atoms with Gasteiger partial charge in [0.05, 0.1) is 38.6 Å². The molecule has 0 aliphatic carbocycles. The third-order valence-corrected chi connectivity index (χ3v) is 11.6. The molecule has 15 heteroatoms. The number of anilines is 2. The maximum atomic E-state index is 12.8. The minimum absolute atomic E-state index is 0.0731. The first kappa shape index (κ1) is 44.6. The third-order valence-electron chi connectivity index (χ3n) is 11.6. The van der Waals surface area contributed by atoms with Crippen molar-refractivity contribution in [3.8, 4) is 0 Å². The van der Waals surface area contributed by atoms with E-state index in [4.69, 9.17) is 23.7 Å². The van der Waals surface area contributed by atoms with Crippen LogP contribution in [0.2, 0.25) is 0 Å². The fourth-order valence-electron chi connectivity index (χ4n) is 7.90. The molecule has 0 atom stereocenters. The van der Waals surface area contributed by atoms with Gasteiger partial charge >= 0.3 is 0 Å². The van der Waals surface area contributed by atoms with Crippen molar-refractivity contribution < 1.29 is 42.9 Å². The molecule has 0 unspecified atom stereocenters. The third kappa shape index (κ3) is 14.6. The van der Waals surface area contributed by atoms with Gasteiger partial charge in [-0.3, -0.25) is 19.2 Å². The normalized spacial score (nSPS) is 18.9. The van der Waals surface area contributed by atoms with E-state index in [-0.39, 0.29) is 48.4 Å². The lowest BCUT2D eigenvalue weighted by Gasteiger charge is -2.37. The van der Waals surface area contributed by atoms with Crippen molar-refractivity contribution in [2.75, 3.05) is 104 Å². The Morgan fingerprint density at radius 2 is 0.932 bits per heavy atom. The molecule has 59 heavy (non-hydrogen) atoms. The van der Waals surface area contributed by atoms with E-state index in [9.17, 15) is 19.2 Å². The molecule has 2 N–H and O–H groups in total. The Morgan fingerprint density at radius 1 is 0.576 bits per heavy atom. The van der Waals surface area contributed by atoms with Gasteiger partial charge in [0.1, 0.15) is 0 Å². The summed E-state index contributed by atoms with van der Waals surface area (Å²) < 4.78 is 28.6. The lowest BCUT2D eigenvalue weighted by molar-refractivity contribution is -0.131. The van der Waals surface area contributed by atoms with Gasteiger partial charge < -0.3 is 53.9 Å². The lowest BCUT2D eigenvalue weighted by Crippen LogP contribution is -2.43. The Hall–Kier alpha value is -3.96. The van der Waals surface area contributed by atoms with Gasteiger partial charge in [-0.05, 0) is 62.8 Å². The molecule has 6 rings (SSSR count). The van der Waals surface area contributed by atoms with Crippen LogP contribution in [0.1, 0.15) is 87.9 Å². The molecule has 4 fully saturated rings. The maximum Gasteiger partial charge on any atom is 0.224 e. The van der Waals surface area contributed by atoms with E-state index >= 15 is 0 Å². The number of nitrogens with one attached hydrogen (secondary N) is 2. The number of benzene rings is 2. The van der Waals surface area contributed by atoms with Gasteiger partial charge in [0.25, 0.3) is 0 Å². The molecule has 0 aromatic heterocycles. The van der Waals surface area contributed by atoms with Crippen LogP contribution in [0.3, 0.4) is 0 Å². The van der Waals surface area contributed by atoms with E-state index in [0.29, 0.717) is 78.0 Å². The minimum atomic E-state index is -0.335. The standard InChI is InChI=1S/C44H64N6O9/c1-47(21-3-5-39(51)45-35-11-7-33(8-12-35)43-55-29-30-56-43)41(53)19-27-49-23-15-37(16-24-49)59-38-17-25-50(26-18-38)28-20-42(54)48(2)22-4-6-40(52)46-36-13-9-34(10-14-36)44-57-31-32-58-44/h7-14,37-38,43-44H,3-6,15-32H2,1-2H3,(H,45,51)(H,46,52). The number of likely N-dealkylation sites (tertiary alicyclic amines) is 2. The summed E-state index contributed by atoms with van der Waals surface area (Å²) >= 11 is 0. The van der Waals surface area contributed by atoms with Crippen LogP contribution in [0.5, 0.6) is 0 Å². The molecule has 15 nitrogen and oxygen atoms in total.